The van der Waals surface area contributed by atoms with Gasteiger partial charge >= 0.3 is 0 Å². The first-order valence-electron chi connectivity index (χ1n) is 8.66. The Balaban J connectivity index is 0.00000261. The summed E-state index contributed by atoms with van der Waals surface area (Å²) < 4.78 is 0. The van der Waals surface area contributed by atoms with E-state index in [9.17, 15) is 9.59 Å². The summed E-state index contributed by atoms with van der Waals surface area (Å²) in [6, 6.07) is 14.3. The number of fused-ring (bicyclic) bond motifs is 1. The molecule has 0 fully saturated rings. The van der Waals surface area contributed by atoms with E-state index in [1.165, 1.54) is 0 Å². The number of hydrogen-bond donors (Lipinski definition) is 2. The van der Waals surface area contributed by atoms with Gasteiger partial charge in [0.1, 0.15) is 6.04 Å². The van der Waals surface area contributed by atoms with Crippen LogP contribution in [0.15, 0.2) is 48.5 Å². The summed E-state index contributed by atoms with van der Waals surface area (Å²) >= 11 is 6.21. The molecule has 27 heavy (non-hydrogen) atoms. The summed E-state index contributed by atoms with van der Waals surface area (Å²) in [6.07, 6.45) is 0.498. The van der Waals surface area contributed by atoms with Crippen LogP contribution in [0.2, 0.25) is 5.02 Å². The van der Waals surface area contributed by atoms with Crippen molar-refractivity contribution in [2.75, 3.05) is 20.1 Å². The van der Waals surface area contributed by atoms with Gasteiger partial charge in [-0.2, -0.15) is 0 Å². The molecule has 1 unspecified atom stereocenters. The van der Waals surface area contributed by atoms with Crippen molar-refractivity contribution in [2.45, 2.75) is 19.0 Å². The number of rotatable bonds is 5. The Morgan fingerprint density at radius 3 is 2.44 bits per heavy atom. The molecule has 0 saturated heterocycles. The van der Waals surface area contributed by atoms with Gasteiger partial charge in [0.2, 0.25) is 5.91 Å². The highest BCUT2D eigenvalue weighted by Gasteiger charge is 2.35. The first-order chi connectivity index (χ1) is 12.6. The minimum Gasteiger partial charge on any atom is -0.353 e. The van der Waals surface area contributed by atoms with Crippen LogP contribution in [0.1, 0.15) is 21.5 Å². The molecule has 1 aliphatic heterocycles. The van der Waals surface area contributed by atoms with E-state index in [2.05, 4.69) is 10.6 Å². The monoisotopic (exact) mass is 407 g/mol. The van der Waals surface area contributed by atoms with Crippen LogP contribution in [-0.4, -0.2) is 42.9 Å². The van der Waals surface area contributed by atoms with Gasteiger partial charge in [0, 0.05) is 26.1 Å². The maximum atomic E-state index is 13.1. The first-order valence-corrected chi connectivity index (χ1v) is 9.04. The van der Waals surface area contributed by atoms with Crippen molar-refractivity contribution in [1.82, 2.24) is 15.5 Å². The topological polar surface area (TPSA) is 61.4 Å². The number of hydrogen-bond acceptors (Lipinski definition) is 3. The zero-order valence-electron chi connectivity index (χ0n) is 15.1. The number of benzene rings is 2. The molecule has 5 nitrogen and oxygen atoms in total. The molecule has 0 radical (unpaired) electrons. The Morgan fingerprint density at radius 2 is 1.74 bits per heavy atom. The quantitative estimate of drug-likeness (QED) is 0.748. The van der Waals surface area contributed by atoms with Crippen LogP contribution in [0.3, 0.4) is 0 Å². The Bertz CT molecular complexity index is 813. The molecule has 2 aromatic carbocycles. The summed E-state index contributed by atoms with van der Waals surface area (Å²) in [7, 11) is 1.83. The number of amides is 2. The molecule has 0 bridgehead atoms. The average Bonchev–Trinajstić information content (AvgIpc) is 2.67. The van der Waals surface area contributed by atoms with Crippen molar-refractivity contribution < 1.29 is 9.59 Å². The Morgan fingerprint density at radius 1 is 1.07 bits per heavy atom. The van der Waals surface area contributed by atoms with Crippen molar-refractivity contribution in [2.24, 2.45) is 0 Å². The van der Waals surface area contributed by atoms with Gasteiger partial charge in [-0.15, -0.1) is 12.4 Å². The zero-order chi connectivity index (χ0) is 18.5. The highest BCUT2D eigenvalue weighted by atomic mass is 35.5. The molecule has 1 aliphatic rings. The van der Waals surface area contributed by atoms with Gasteiger partial charge in [0.25, 0.3) is 5.91 Å². The number of carbonyl (C=O) groups excluding carboxylic acids is 2. The van der Waals surface area contributed by atoms with Crippen molar-refractivity contribution in [3.05, 3.63) is 70.2 Å². The summed E-state index contributed by atoms with van der Waals surface area (Å²) in [5.41, 5.74) is 2.58. The van der Waals surface area contributed by atoms with Crippen LogP contribution in [0.4, 0.5) is 0 Å². The van der Waals surface area contributed by atoms with Gasteiger partial charge in [0.05, 0.1) is 10.6 Å². The SMILES string of the molecule is CNCCNC(=O)C1Cc2ccccc2CN1C(=O)c1ccccc1Cl.Cl. The third-order valence-electron chi connectivity index (χ3n) is 4.59. The van der Waals surface area contributed by atoms with Crippen LogP contribution in [0, 0.1) is 0 Å². The van der Waals surface area contributed by atoms with Crippen molar-refractivity contribution >= 4 is 35.8 Å². The molecule has 1 heterocycles. The zero-order valence-corrected chi connectivity index (χ0v) is 16.6. The number of nitrogens with zero attached hydrogens (tertiary/aromatic N) is 1. The standard InChI is InChI=1S/C20H22ClN3O2.ClH/c1-22-10-11-23-19(25)18-12-14-6-2-3-7-15(14)13-24(18)20(26)16-8-4-5-9-17(16)21;/h2-9,18,22H,10-13H2,1H3,(H,23,25);1H. The van der Waals surface area contributed by atoms with E-state index in [4.69, 9.17) is 11.6 Å². The van der Waals surface area contributed by atoms with Crippen LogP contribution < -0.4 is 10.6 Å². The van der Waals surface area contributed by atoms with Crippen molar-refractivity contribution in [3.8, 4) is 0 Å². The van der Waals surface area contributed by atoms with Gasteiger partial charge in [0.15, 0.2) is 0 Å². The summed E-state index contributed by atoms with van der Waals surface area (Å²) in [4.78, 5) is 27.5. The van der Waals surface area contributed by atoms with E-state index in [1.807, 2.05) is 31.3 Å². The number of carbonyl (C=O) groups is 2. The fraction of sp³-hybridized carbons (Fsp3) is 0.300. The number of halogens is 2. The Hall–Kier alpha value is -2.08. The van der Waals surface area contributed by atoms with Crippen LogP contribution in [0.5, 0.6) is 0 Å². The molecule has 3 rings (SSSR count). The lowest BCUT2D eigenvalue weighted by molar-refractivity contribution is -0.126. The van der Waals surface area contributed by atoms with E-state index in [1.54, 1.807) is 29.2 Å². The predicted octanol–water partition coefficient (Wildman–Crippen LogP) is 2.66. The molecule has 2 amide bonds. The maximum Gasteiger partial charge on any atom is 0.256 e. The minimum absolute atomic E-state index is 0. The number of nitrogens with one attached hydrogen (secondary N) is 2. The van der Waals surface area contributed by atoms with Crippen LogP contribution in [0.25, 0.3) is 0 Å². The van der Waals surface area contributed by atoms with Gasteiger partial charge in [-0.1, -0.05) is 48.0 Å². The Kier molecular flexibility index (Phi) is 7.66. The molecule has 7 heteroatoms. The molecule has 0 aliphatic carbocycles. The molecule has 2 aromatic rings. The third kappa shape index (κ3) is 4.80. The van der Waals surface area contributed by atoms with E-state index in [0.29, 0.717) is 36.6 Å². The normalized spacial score (nSPS) is 15.5. The molecular formula is C20H23Cl2N3O2. The van der Waals surface area contributed by atoms with Gasteiger partial charge in [-0.25, -0.2) is 0 Å². The molecule has 144 valence electrons. The van der Waals surface area contributed by atoms with Gasteiger partial charge in [-0.3, -0.25) is 9.59 Å². The Labute approximate surface area is 170 Å². The van der Waals surface area contributed by atoms with Gasteiger partial charge < -0.3 is 15.5 Å². The highest BCUT2D eigenvalue weighted by molar-refractivity contribution is 6.33. The summed E-state index contributed by atoms with van der Waals surface area (Å²) in [5.74, 6) is -0.367. The van der Waals surface area contributed by atoms with Gasteiger partial charge in [-0.05, 0) is 30.3 Å². The molecular weight excluding hydrogens is 385 g/mol. The fourth-order valence-corrected chi connectivity index (χ4v) is 3.41. The second-order valence-electron chi connectivity index (χ2n) is 6.30. The fourth-order valence-electron chi connectivity index (χ4n) is 3.19. The maximum absolute atomic E-state index is 13.1. The van der Waals surface area contributed by atoms with Crippen LogP contribution >= 0.6 is 24.0 Å². The lowest BCUT2D eigenvalue weighted by atomic mass is 9.92. The second-order valence-corrected chi connectivity index (χ2v) is 6.70. The molecule has 1 atom stereocenters. The molecule has 2 N–H and O–H groups in total. The third-order valence-corrected chi connectivity index (χ3v) is 4.92. The van der Waals surface area contributed by atoms with E-state index in [-0.39, 0.29) is 24.2 Å². The minimum atomic E-state index is -0.550. The van der Waals surface area contributed by atoms with E-state index in [0.717, 1.165) is 11.1 Å². The van der Waals surface area contributed by atoms with Crippen LogP contribution in [-0.2, 0) is 17.8 Å². The summed E-state index contributed by atoms with van der Waals surface area (Å²) in [5, 5.41) is 6.30. The van der Waals surface area contributed by atoms with Crippen molar-refractivity contribution in [3.63, 3.8) is 0 Å². The second kappa shape index (κ2) is 9.74. The molecule has 0 aromatic heterocycles. The average molecular weight is 408 g/mol. The van der Waals surface area contributed by atoms with Crippen molar-refractivity contribution in [1.29, 1.82) is 0 Å². The summed E-state index contributed by atoms with van der Waals surface area (Å²) in [6.45, 7) is 1.58. The molecule has 0 saturated carbocycles. The van der Waals surface area contributed by atoms with E-state index < -0.39 is 6.04 Å². The predicted molar refractivity (Wildman–Crippen MR) is 109 cm³/mol. The molecule has 0 spiro atoms. The van der Waals surface area contributed by atoms with E-state index >= 15 is 0 Å². The highest BCUT2D eigenvalue weighted by Crippen LogP contribution is 2.27. The first kappa shape index (κ1) is 21.2. The largest absolute Gasteiger partial charge is 0.353 e. The number of likely N-dealkylation sites (N-methyl/N-ethyl adjacent to an activating group) is 1. The lowest BCUT2D eigenvalue weighted by Crippen LogP contribution is -2.53. The lowest BCUT2D eigenvalue weighted by Gasteiger charge is -2.36. The smallest absolute Gasteiger partial charge is 0.256 e.